The number of unbranched alkanes of at least 4 members (excludes halogenated alkanes) is 1. The molecule has 20 nitrogen and oxygen atoms in total. The van der Waals surface area contributed by atoms with Crippen LogP contribution < -0.4 is 27.2 Å². The molecule has 3 unspecified atom stereocenters. The molecule has 340 valence electrons. The second-order valence-corrected chi connectivity index (χ2v) is 14.2. The summed E-state index contributed by atoms with van der Waals surface area (Å²) >= 11 is 1.90. The van der Waals surface area contributed by atoms with Crippen LogP contribution in [0.1, 0.15) is 32.1 Å². The van der Waals surface area contributed by atoms with Gasteiger partial charge < -0.3 is 72.8 Å². The van der Waals surface area contributed by atoms with Crippen LogP contribution in [0.25, 0.3) is 0 Å². The van der Waals surface area contributed by atoms with Crippen molar-refractivity contribution in [1.29, 1.82) is 0 Å². The first-order valence-corrected chi connectivity index (χ1v) is 21.5. The van der Waals surface area contributed by atoms with Gasteiger partial charge in [-0.3, -0.25) is 15.0 Å². The number of nitrogens with two attached hydrogens (primary N) is 1. The highest BCUT2D eigenvalue weighted by Crippen LogP contribution is 2.33. The fourth-order valence-corrected chi connectivity index (χ4v) is 6.93. The maximum atomic E-state index is 12.0. The van der Waals surface area contributed by atoms with E-state index in [-0.39, 0.29) is 36.3 Å². The van der Waals surface area contributed by atoms with Crippen molar-refractivity contribution in [3.8, 4) is 0 Å². The van der Waals surface area contributed by atoms with E-state index in [1.165, 1.54) is 0 Å². The van der Waals surface area contributed by atoms with Gasteiger partial charge in [0.15, 0.2) is 0 Å². The van der Waals surface area contributed by atoms with Gasteiger partial charge in [0.2, 0.25) is 11.8 Å². The summed E-state index contributed by atoms with van der Waals surface area (Å²) in [6.45, 7) is 11.6. The minimum Gasteiger partial charge on any atom is -0.379 e. The summed E-state index contributed by atoms with van der Waals surface area (Å²) in [5, 5.41) is 9.28. The molecule has 3 atom stereocenters. The molecule has 2 heterocycles. The van der Waals surface area contributed by atoms with Crippen LogP contribution in [0.2, 0.25) is 0 Å². The van der Waals surface area contributed by atoms with E-state index in [1.807, 2.05) is 17.2 Å². The average molecular weight is 858 g/mol. The largest absolute Gasteiger partial charge is 0.379 e. The van der Waals surface area contributed by atoms with Gasteiger partial charge in [-0.1, -0.05) is 6.42 Å². The quantitative estimate of drug-likeness (QED) is 0.0169. The van der Waals surface area contributed by atoms with Crippen molar-refractivity contribution in [2.45, 2.75) is 49.4 Å². The summed E-state index contributed by atoms with van der Waals surface area (Å²) in [6.07, 6.45) is 3.54. The van der Waals surface area contributed by atoms with E-state index < -0.39 is 0 Å². The van der Waals surface area contributed by atoms with Crippen LogP contribution in [-0.4, -0.2) is 206 Å². The molecular weight excluding hydrogens is 786 g/mol. The van der Waals surface area contributed by atoms with Crippen LogP contribution in [0.5, 0.6) is 0 Å². The lowest BCUT2D eigenvalue weighted by Crippen LogP contribution is -2.36. The monoisotopic (exact) mass is 857 g/mol. The molecule has 2 rings (SSSR count). The molecule has 0 saturated carbocycles. The molecule has 21 heteroatoms. The van der Waals surface area contributed by atoms with Crippen LogP contribution in [0, 0.1) is 0 Å². The van der Waals surface area contributed by atoms with Gasteiger partial charge in [0.05, 0.1) is 177 Å². The van der Waals surface area contributed by atoms with Crippen LogP contribution in [0.15, 0.2) is 0 Å². The highest BCUT2D eigenvalue weighted by Gasteiger charge is 2.42. The number of rotatable bonds is 44. The summed E-state index contributed by atoms with van der Waals surface area (Å²) in [7, 11) is 0. The Morgan fingerprint density at radius 1 is 0.517 bits per heavy atom. The Hall–Kier alpha value is -1.96. The van der Waals surface area contributed by atoms with E-state index in [0.29, 0.717) is 177 Å². The lowest BCUT2D eigenvalue weighted by atomic mass is 10.0. The van der Waals surface area contributed by atoms with Crippen molar-refractivity contribution in [1.82, 2.24) is 21.4 Å². The number of urea groups is 1. The molecule has 58 heavy (non-hydrogen) atoms. The maximum Gasteiger partial charge on any atom is 0.315 e. The Kier molecular flexibility index (Phi) is 35.3. The lowest BCUT2D eigenvalue weighted by molar-refractivity contribution is -0.122. The normalized spacial score (nSPS) is 17.3. The average Bonchev–Trinajstić information content (AvgIpc) is 3.79. The Labute approximate surface area is 347 Å². The highest BCUT2D eigenvalue weighted by molar-refractivity contribution is 8.00. The molecule has 2 saturated heterocycles. The van der Waals surface area contributed by atoms with Crippen molar-refractivity contribution in [2.75, 3.05) is 171 Å². The van der Waals surface area contributed by atoms with Gasteiger partial charge in [0.25, 0.3) is 0 Å². The first-order chi connectivity index (χ1) is 28.6. The zero-order valence-corrected chi connectivity index (χ0v) is 35.1. The van der Waals surface area contributed by atoms with Crippen LogP contribution >= 0.6 is 11.8 Å². The third kappa shape index (κ3) is 31.0. The smallest absolute Gasteiger partial charge is 0.315 e. The van der Waals surface area contributed by atoms with E-state index in [4.69, 9.17) is 62.7 Å². The fourth-order valence-electron chi connectivity index (χ4n) is 5.38. The molecule has 0 bridgehead atoms. The first-order valence-electron chi connectivity index (χ1n) is 20.5. The van der Waals surface area contributed by atoms with Crippen molar-refractivity contribution in [2.24, 2.45) is 5.84 Å². The summed E-state index contributed by atoms with van der Waals surface area (Å²) in [6, 6.07) is 0.396. The predicted molar refractivity (Wildman–Crippen MR) is 214 cm³/mol. The SMILES string of the molecule is NNC(=O)CCOCCOCCOCCOCCOCCOCCOCCOCCOCCOCCOCCOCCNC(=O)CCCCC1SCC2NC(=O)NC21. The Bertz CT molecular complexity index is 999. The molecule has 2 fully saturated rings. The van der Waals surface area contributed by atoms with Gasteiger partial charge in [0, 0.05) is 24.0 Å². The van der Waals surface area contributed by atoms with E-state index in [1.54, 1.807) is 0 Å². The first kappa shape index (κ1) is 52.2. The number of nitrogens with one attached hydrogen (secondary N) is 4. The standard InChI is InChI=1S/C37H71N5O15S/c38-42-35(44)5-7-46-9-11-48-13-15-50-17-19-52-21-23-54-25-27-56-29-30-57-28-26-55-24-22-53-20-18-51-16-14-49-12-10-47-8-6-39-34(43)4-2-1-3-33-36-32(31-58-33)40-37(45)41-36/h32-33,36H,1-31,38H2,(H,39,43)(H,42,44)(H2,40,41,45). The molecule has 6 N–H and O–H groups in total. The lowest BCUT2D eigenvalue weighted by Gasteiger charge is -2.16. The van der Waals surface area contributed by atoms with Gasteiger partial charge in [0.1, 0.15) is 0 Å². The van der Waals surface area contributed by atoms with Crippen molar-refractivity contribution in [3.63, 3.8) is 0 Å². The van der Waals surface area contributed by atoms with E-state index in [0.717, 1.165) is 25.0 Å². The highest BCUT2D eigenvalue weighted by atomic mass is 32.2. The molecule has 0 radical (unpaired) electrons. The second kappa shape index (κ2) is 39.2. The minimum absolute atomic E-state index is 0.0391. The number of ether oxygens (including phenoxy) is 12. The number of amides is 4. The summed E-state index contributed by atoms with van der Waals surface area (Å²) in [5.74, 6) is 5.71. The van der Waals surface area contributed by atoms with Gasteiger partial charge >= 0.3 is 6.03 Å². The zero-order chi connectivity index (χ0) is 41.4. The second-order valence-electron chi connectivity index (χ2n) is 12.9. The molecule has 4 amide bonds. The van der Waals surface area contributed by atoms with E-state index in [2.05, 4.69) is 16.0 Å². The van der Waals surface area contributed by atoms with Gasteiger partial charge in [-0.25, -0.2) is 10.6 Å². The fraction of sp³-hybridized carbons (Fsp3) is 0.919. The van der Waals surface area contributed by atoms with Crippen molar-refractivity contribution in [3.05, 3.63) is 0 Å². The number of carbonyl (C=O) groups is 3. The molecule has 0 spiro atoms. The van der Waals surface area contributed by atoms with Gasteiger partial charge in [-0.2, -0.15) is 11.8 Å². The number of hydrogen-bond acceptors (Lipinski definition) is 17. The van der Waals surface area contributed by atoms with E-state index >= 15 is 0 Å². The summed E-state index contributed by atoms with van der Waals surface area (Å²) in [4.78, 5) is 34.4. The minimum atomic E-state index is -0.263. The Morgan fingerprint density at radius 3 is 1.29 bits per heavy atom. The molecule has 2 aliphatic heterocycles. The molecule has 2 aliphatic rings. The Morgan fingerprint density at radius 2 is 0.897 bits per heavy atom. The number of hydrogen-bond donors (Lipinski definition) is 5. The predicted octanol–water partition coefficient (Wildman–Crippen LogP) is -0.592. The van der Waals surface area contributed by atoms with Gasteiger partial charge in [-0.15, -0.1) is 0 Å². The summed E-state index contributed by atoms with van der Waals surface area (Å²) in [5.41, 5.74) is 2.04. The third-order valence-electron chi connectivity index (χ3n) is 8.38. The maximum absolute atomic E-state index is 12.0. The number of hydrazine groups is 1. The number of carbonyl (C=O) groups excluding carboxylic acids is 3. The van der Waals surface area contributed by atoms with Crippen LogP contribution in [0.3, 0.4) is 0 Å². The molecule has 0 aliphatic carbocycles. The van der Waals surface area contributed by atoms with Crippen LogP contribution in [-0.2, 0) is 66.4 Å². The summed E-state index contributed by atoms with van der Waals surface area (Å²) < 4.78 is 65.4. The molecule has 0 aromatic heterocycles. The molecular formula is C37H71N5O15S. The van der Waals surface area contributed by atoms with Crippen molar-refractivity contribution < 1.29 is 71.2 Å². The van der Waals surface area contributed by atoms with E-state index in [9.17, 15) is 14.4 Å². The number of thioether (sulfide) groups is 1. The molecule has 0 aromatic rings. The zero-order valence-electron chi connectivity index (χ0n) is 34.3. The topological polar surface area (TPSA) is 236 Å². The Balaban J connectivity index is 1.13. The van der Waals surface area contributed by atoms with Crippen LogP contribution in [0.4, 0.5) is 4.79 Å². The number of fused-ring (bicyclic) bond motifs is 1. The van der Waals surface area contributed by atoms with Crippen molar-refractivity contribution >= 4 is 29.6 Å². The van der Waals surface area contributed by atoms with Gasteiger partial charge in [-0.05, 0) is 12.8 Å². The molecule has 0 aromatic carbocycles. The third-order valence-corrected chi connectivity index (χ3v) is 9.88.